The van der Waals surface area contributed by atoms with E-state index < -0.39 is 26.6 Å². The molecule has 0 radical (unpaired) electrons. The molecule has 0 aliphatic rings. The molecule has 0 aliphatic carbocycles. The lowest BCUT2D eigenvalue weighted by Gasteiger charge is -2.15. The number of carboxylic acid groups (broad SMARTS) is 1. The van der Waals surface area contributed by atoms with Gasteiger partial charge >= 0.3 is 5.97 Å². The van der Waals surface area contributed by atoms with Crippen LogP contribution in [0.1, 0.15) is 22.5 Å². The molecule has 1 aromatic rings. The average Bonchev–Trinajstić information content (AvgIpc) is 2.77. The van der Waals surface area contributed by atoms with E-state index >= 15 is 0 Å². The zero-order valence-corrected chi connectivity index (χ0v) is 12.1. The van der Waals surface area contributed by atoms with E-state index in [-0.39, 0.29) is 24.6 Å². The number of carboxylic acids is 1. The van der Waals surface area contributed by atoms with E-state index in [0.717, 1.165) is 4.31 Å². The number of amides is 1. The van der Waals surface area contributed by atoms with Gasteiger partial charge in [-0.2, -0.15) is 9.40 Å². The summed E-state index contributed by atoms with van der Waals surface area (Å²) in [5.74, 6) is -1.70. The van der Waals surface area contributed by atoms with Crippen LogP contribution in [-0.4, -0.2) is 60.5 Å². The topological polar surface area (TPSA) is 132 Å². The van der Waals surface area contributed by atoms with Crippen LogP contribution < -0.4 is 5.32 Å². The van der Waals surface area contributed by atoms with Crippen LogP contribution in [0.3, 0.4) is 0 Å². The Kier molecular flexibility index (Phi) is 4.84. The molecular formula is C10H16N4O5S. The third kappa shape index (κ3) is 3.14. The van der Waals surface area contributed by atoms with E-state index in [1.54, 1.807) is 0 Å². The van der Waals surface area contributed by atoms with E-state index in [1.165, 1.54) is 21.0 Å². The highest BCUT2D eigenvalue weighted by atomic mass is 32.2. The molecule has 0 atom stereocenters. The fourth-order valence-electron chi connectivity index (χ4n) is 1.50. The molecule has 0 unspecified atom stereocenters. The monoisotopic (exact) mass is 304 g/mol. The molecule has 112 valence electrons. The quantitative estimate of drug-likeness (QED) is 0.628. The van der Waals surface area contributed by atoms with Gasteiger partial charge in [0.25, 0.3) is 10.0 Å². The number of aromatic carboxylic acids is 1. The number of H-pyrrole nitrogens is 1. The Bertz CT molecular complexity index is 622. The number of nitrogens with one attached hydrogen (secondary N) is 2. The van der Waals surface area contributed by atoms with Crippen molar-refractivity contribution in [3.05, 3.63) is 11.3 Å². The number of aromatic nitrogens is 2. The molecule has 0 aromatic carbocycles. The van der Waals surface area contributed by atoms with Gasteiger partial charge in [-0.1, -0.05) is 0 Å². The number of nitrogens with zero attached hydrogens (tertiary/aromatic N) is 2. The Morgan fingerprint density at radius 2 is 2.05 bits per heavy atom. The standard InChI is InChI=1S/C10H16N4O5S/c1-6-8(10(16)17)9(13-12-6)20(18,19)14(3)5-4-7(15)11-2/h4-5H2,1-3H3,(H,11,15)(H,12,13)(H,16,17). The van der Waals surface area contributed by atoms with E-state index in [4.69, 9.17) is 5.11 Å². The molecule has 0 fully saturated rings. The van der Waals surface area contributed by atoms with Crippen LogP contribution in [0, 0.1) is 6.92 Å². The van der Waals surface area contributed by atoms with Crippen LogP contribution >= 0.6 is 0 Å². The number of carbonyl (C=O) groups is 2. The zero-order valence-electron chi connectivity index (χ0n) is 11.3. The number of sulfonamides is 1. The Labute approximate surface area is 116 Å². The number of aryl methyl sites for hydroxylation is 1. The van der Waals surface area contributed by atoms with E-state index in [9.17, 15) is 18.0 Å². The molecule has 1 aromatic heterocycles. The molecule has 1 rings (SSSR count). The summed E-state index contributed by atoms with van der Waals surface area (Å²) in [6.45, 7) is 1.34. The molecule has 0 saturated heterocycles. The van der Waals surface area contributed by atoms with Gasteiger partial charge in [0.05, 0.1) is 0 Å². The van der Waals surface area contributed by atoms with Crippen LogP contribution in [0.5, 0.6) is 0 Å². The summed E-state index contributed by atoms with van der Waals surface area (Å²) < 4.78 is 25.3. The van der Waals surface area contributed by atoms with Gasteiger partial charge < -0.3 is 10.4 Å². The number of carbonyl (C=O) groups excluding carboxylic acids is 1. The van der Waals surface area contributed by atoms with Gasteiger partial charge in [0.2, 0.25) is 10.9 Å². The number of hydrogen-bond donors (Lipinski definition) is 3. The zero-order chi connectivity index (χ0) is 15.5. The summed E-state index contributed by atoms with van der Waals surface area (Å²) in [5.41, 5.74) is -0.243. The van der Waals surface area contributed by atoms with Gasteiger partial charge in [-0.25, -0.2) is 13.2 Å². The number of aromatic amines is 1. The van der Waals surface area contributed by atoms with Crippen molar-refractivity contribution in [2.75, 3.05) is 20.6 Å². The van der Waals surface area contributed by atoms with Crippen molar-refractivity contribution in [1.29, 1.82) is 0 Å². The molecule has 20 heavy (non-hydrogen) atoms. The molecular weight excluding hydrogens is 288 g/mol. The van der Waals surface area contributed by atoms with Crippen molar-refractivity contribution in [2.45, 2.75) is 18.4 Å². The molecule has 0 saturated carbocycles. The summed E-state index contributed by atoms with van der Waals surface area (Å²) in [4.78, 5) is 22.2. The minimum absolute atomic E-state index is 0.0297. The minimum atomic E-state index is -4.07. The van der Waals surface area contributed by atoms with Crippen molar-refractivity contribution in [3.8, 4) is 0 Å². The largest absolute Gasteiger partial charge is 0.478 e. The number of hydrogen-bond acceptors (Lipinski definition) is 5. The summed E-state index contributed by atoms with van der Waals surface area (Å²) in [7, 11) is -1.37. The van der Waals surface area contributed by atoms with Crippen molar-refractivity contribution in [1.82, 2.24) is 19.8 Å². The van der Waals surface area contributed by atoms with Crippen LogP contribution in [0.4, 0.5) is 0 Å². The second kappa shape index (κ2) is 6.01. The second-order valence-corrected chi connectivity index (χ2v) is 6.04. The lowest BCUT2D eigenvalue weighted by molar-refractivity contribution is -0.120. The fourth-order valence-corrected chi connectivity index (χ4v) is 2.78. The van der Waals surface area contributed by atoms with Crippen LogP contribution in [0.15, 0.2) is 5.03 Å². The number of rotatable bonds is 6. The summed E-state index contributed by atoms with van der Waals surface area (Å²) in [5, 5.41) is 16.7. The minimum Gasteiger partial charge on any atom is -0.478 e. The molecule has 1 heterocycles. The molecule has 0 aliphatic heterocycles. The van der Waals surface area contributed by atoms with Crippen molar-refractivity contribution in [3.63, 3.8) is 0 Å². The van der Waals surface area contributed by atoms with E-state index in [1.807, 2.05) is 0 Å². The maximum absolute atomic E-state index is 12.2. The first kappa shape index (κ1) is 16.1. The van der Waals surface area contributed by atoms with E-state index in [0.29, 0.717) is 0 Å². The predicted molar refractivity (Wildman–Crippen MR) is 68.8 cm³/mol. The Morgan fingerprint density at radius 1 is 1.45 bits per heavy atom. The van der Waals surface area contributed by atoms with Crippen LogP contribution in [0.25, 0.3) is 0 Å². The first-order valence-electron chi connectivity index (χ1n) is 5.67. The predicted octanol–water partition coefficient (Wildman–Crippen LogP) is -0.827. The van der Waals surface area contributed by atoms with Gasteiger partial charge in [0.15, 0.2) is 0 Å². The van der Waals surface area contributed by atoms with Gasteiger partial charge in [0, 0.05) is 32.8 Å². The maximum Gasteiger partial charge on any atom is 0.340 e. The third-order valence-corrected chi connectivity index (χ3v) is 4.50. The Morgan fingerprint density at radius 3 is 2.55 bits per heavy atom. The van der Waals surface area contributed by atoms with Crippen LogP contribution in [-0.2, 0) is 14.8 Å². The normalized spacial score (nSPS) is 11.6. The van der Waals surface area contributed by atoms with E-state index in [2.05, 4.69) is 15.5 Å². The lowest BCUT2D eigenvalue weighted by Crippen LogP contribution is -2.32. The highest BCUT2D eigenvalue weighted by Gasteiger charge is 2.31. The summed E-state index contributed by atoms with van der Waals surface area (Å²) in [6, 6.07) is 0. The lowest BCUT2D eigenvalue weighted by atomic mass is 10.3. The summed E-state index contributed by atoms with van der Waals surface area (Å²) in [6.07, 6.45) is -0.0297. The summed E-state index contributed by atoms with van der Waals surface area (Å²) >= 11 is 0. The average molecular weight is 304 g/mol. The maximum atomic E-state index is 12.2. The first-order valence-corrected chi connectivity index (χ1v) is 7.11. The van der Waals surface area contributed by atoms with Crippen molar-refractivity contribution in [2.24, 2.45) is 0 Å². The Hall–Kier alpha value is -1.94. The molecule has 3 N–H and O–H groups in total. The Balaban J connectivity index is 3.05. The molecule has 0 spiro atoms. The third-order valence-electron chi connectivity index (χ3n) is 2.72. The van der Waals surface area contributed by atoms with Gasteiger partial charge in [0.1, 0.15) is 5.56 Å². The van der Waals surface area contributed by atoms with Crippen molar-refractivity contribution < 1.29 is 23.1 Å². The first-order chi connectivity index (χ1) is 9.21. The smallest absolute Gasteiger partial charge is 0.340 e. The molecule has 0 bridgehead atoms. The highest BCUT2D eigenvalue weighted by Crippen LogP contribution is 2.19. The molecule has 10 heteroatoms. The van der Waals surface area contributed by atoms with Crippen LogP contribution in [0.2, 0.25) is 0 Å². The van der Waals surface area contributed by atoms with Gasteiger partial charge in [-0.3, -0.25) is 9.89 Å². The van der Waals surface area contributed by atoms with Gasteiger partial charge in [-0.05, 0) is 6.92 Å². The van der Waals surface area contributed by atoms with Gasteiger partial charge in [-0.15, -0.1) is 0 Å². The second-order valence-electron chi connectivity index (χ2n) is 4.08. The SMILES string of the molecule is CNC(=O)CCN(C)S(=O)(=O)c1n[nH]c(C)c1C(=O)O. The molecule has 9 nitrogen and oxygen atoms in total. The van der Waals surface area contributed by atoms with Crippen molar-refractivity contribution >= 4 is 21.9 Å². The fraction of sp³-hybridized carbons (Fsp3) is 0.500. The highest BCUT2D eigenvalue weighted by molar-refractivity contribution is 7.89. The molecule has 1 amide bonds.